The molecule has 0 bridgehead atoms. The molecular formula is C11H20N2O2. The second-order valence-electron chi connectivity index (χ2n) is 4.85. The lowest BCUT2D eigenvalue weighted by atomic mass is 10.1. The quantitative estimate of drug-likeness (QED) is 0.698. The van der Waals surface area contributed by atoms with Crippen LogP contribution >= 0.6 is 0 Å². The summed E-state index contributed by atoms with van der Waals surface area (Å²) in [4.78, 5) is 13.2. The number of aliphatic carboxylic acids is 1. The van der Waals surface area contributed by atoms with Crippen molar-refractivity contribution in [2.45, 2.75) is 38.3 Å². The van der Waals surface area contributed by atoms with Crippen LogP contribution in [0.4, 0.5) is 0 Å². The van der Waals surface area contributed by atoms with Crippen molar-refractivity contribution in [3.05, 3.63) is 0 Å². The van der Waals surface area contributed by atoms with Gasteiger partial charge in [0.05, 0.1) is 0 Å². The minimum Gasteiger partial charge on any atom is -0.480 e. The average Bonchev–Trinajstić information content (AvgIpc) is 2.95. The molecule has 1 saturated heterocycles. The molecule has 2 aliphatic rings. The summed E-state index contributed by atoms with van der Waals surface area (Å²) in [6.45, 7) is 4.91. The number of carboxylic acid groups (broad SMARTS) is 1. The Bertz CT molecular complexity index is 241. The molecule has 2 atom stereocenters. The Morgan fingerprint density at radius 3 is 2.87 bits per heavy atom. The van der Waals surface area contributed by atoms with Gasteiger partial charge in [-0.1, -0.05) is 0 Å². The van der Waals surface area contributed by atoms with Gasteiger partial charge in [-0.2, -0.15) is 0 Å². The van der Waals surface area contributed by atoms with Gasteiger partial charge in [0.15, 0.2) is 0 Å². The van der Waals surface area contributed by atoms with E-state index in [9.17, 15) is 4.79 Å². The Balaban J connectivity index is 1.65. The van der Waals surface area contributed by atoms with E-state index in [1.165, 1.54) is 25.8 Å². The van der Waals surface area contributed by atoms with Gasteiger partial charge >= 0.3 is 5.97 Å². The molecule has 4 heteroatoms. The van der Waals surface area contributed by atoms with E-state index in [-0.39, 0.29) is 0 Å². The highest BCUT2D eigenvalue weighted by molar-refractivity contribution is 5.72. The zero-order valence-electron chi connectivity index (χ0n) is 9.28. The van der Waals surface area contributed by atoms with E-state index in [1.807, 2.05) is 0 Å². The van der Waals surface area contributed by atoms with E-state index < -0.39 is 12.0 Å². The highest BCUT2D eigenvalue weighted by Crippen LogP contribution is 2.31. The van der Waals surface area contributed by atoms with Crippen LogP contribution in [-0.2, 0) is 4.79 Å². The molecule has 0 aromatic heterocycles. The minimum atomic E-state index is -0.757. The zero-order chi connectivity index (χ0) is 10.8. The van der Waals surface area contributed by atoms with Gasteiger partial charge in [0.25, 0.3) is 0 Å². The summed E-state index contributed by atoms with van der Waals surface area (Å²) in [6, 6.07) is 0.437. The van der Waals surface area contributed by atoms with Gasteiger partial charge in [-0.05, 0) is 38.6 Å². The first-order chi connectivity index (χ1) is 7.16. The summed E-state index contributed by atoms with van der Waals surface area (Å²) < 4.78 is 0. The predicted molar refractivity (Wildman–Crippen MR) is 57.8 cm³/mol. The van der Waals surface area contributed by atoms with E-state index >= 15 is 0 Å². The fourth-order valence-corrected chi connectivity index (χ4v) is 2.23. The third-order valence-electron chi connectivity index (χ3n) is 3.46. The van der Waals surface area contributed by atoms with Crippen molar-refractivity contribution in [2.24, 2.45) is 5.92 Å². The first-order valence-electron chi connectivity index (χ1n) is 5.87. The van der Waals surface area contributed by atoms with Crippen LogP contribution in [0.2, 0.25) is 0 Å². The van der Waals surface area contributed by atoms with Gasteiger partial charge in [0, 0.05) is 19.1 Å². The highest BCUT2D eigenvalue weighted by Gasteiger charge is 2.34. The molecule has 4 nitrogen and oxygen atoms in total. The van der Waals surface area contributed by atoms with Gasteiger partial charge in [0.1, 0.15) is 6.04 Å². The van der Waals surface area contributed by atoms with E-state index in [0.717, 1.165) is 19.1 Å². The maximum absolute atomic E-state index is 10.6. The monoisotopic (exact) mass is 212 g/mol. The lowest BCUT2D eigenvalue weighted by Crippen LogP contribution is -2.37. The first kappa shape index (κ1) is 10.9. The van der Waals surface area contributed by atoms with Crippen LogP contribution in [0.25, 0.3) is 0 Å². The van der Waals surface area contributed by atoms with Crippen LogP contribution < -0.4 is 5.32 Å². The number of likely N-dealkylation sites (tertiary alicyclic amines) is 1. The summed E-state index contributed by atoms with van der Waals surface area (Å²) in [5.41, 5.74) is 0. The van der Waals surface area contributed by atoms with Crippen LogP contribution in [0.15, 0.2) is 0 Å². The van der Waals surface area contributed by atoms with Gasteiger partial charge in [-0.25, -0.2) is 0 Å². The van der Waals surface area contributed by atoms with Crippen LogP contribution in [0.3, 0.4) is 0 Å². The van der Waals surface area contributed by atoms with Crippen LogP contribution in [0.1, 0.15) is 26.2 Å². The molecule has 1 saturated carbocycles. The second-order valence-corrected chi connectivity index (χ2v) is 4.85. The molecular weight excluding hydrogens is 192 g/mol. The average molecular weight is 212 g/mol. The highest BCUT2D eigenvalue weighted by atomic mass is 16.4. The second kappa shape index (κ2) is 4.49. The van der Waals surface area contributed by atoms with Crippen molar-refractivity contribution in [2.75, 3.05) is 19.6 Å². The Morgan fingerprint density at radius 1 is 1.53 bits per heavy atom. The molecule has 2 N–H and O–H groups in total. The molecule has 1 aliphatic heterocycles. The van der Waals surface area contributed by atoms with Gasteiger partial charge in [0.2, 0.25) is 0 Å². The number of carbonyl (C=O) groups is 1. The SMILES string of the molecule is CC(NCC1CCN(C2CC2)C1)C(=O)O. The van der Waals surface area contributed by atoms with Gasteiger partial charge in [-0.15, -0.1) is 0 Å². The van der Waals surface area contributed by atoms with Crippen molar-refractivity contribution in [3.8, 4) is 0 Å². The number of nitrogens with zero attached hydrogens (tertiary/aromatic N) is 1. The van der Waals surface area contributed by atoms with E-state index in [0.29, 0.717) is 5.92 Å². The summed E-state index contributed by atoms with van der Waals surface area (Å²) in [7, 11) is 0. The Hall–Kier alpha value is -0.610. The van der Waals surface area contributed by atoms with Crippen molar-refractivity contribution >= 4 is 5.97 Å². The third-order valence-corrected chi connectivity index (χ3v) is 3.46. The van der Waals surface area contributed by atoms with Gasteiger partial charge in [-0.3, -0.25) is 4.79 Å². The maximum atomic E-state index is 10.6. The summed E-state index contributed by atoms with van der Waals surface area (Å²) >= 11 is 0. The molecule has 0 amide bonds. The molecule has 2 fully saturated rings. The molecule has 2 unspecified atom stereocenters. The predicted octanol–water partition coefficient (Wildman–Crippen LogP) is 0.533. The molecule has 0 radical (unpaired) electrons. The summed E-state index contributed by atoms with van der Waals surface area (Å²) in [5.74, 6) is -0.112. The zero-order valence-corrected chi connectivity index (χ0v) is 9.28. The van der Waals surface area contributed by atoms with Crippen molar-refractivity contribution < 1.29 is 9.90 Å². The smallest absolute Gasteiger partial charge is 0.320 e. The van der Waals surface area contributed by atoms with Crippen molar-refractivity contribution in [3.63, 3.8) is 0 Å². The molecule has 1 aliphatic carbocycles. The standard InChI is InChI=1S/C11H20N2O2/c1-8(11(14)15)12-6-9-4-5-13(7-9)10-2-3-10/h8-10,12H,2-7H2,1H3,(H,14,15). The van der Waals surface area contributed by atoms with Crippen LogP contribution in [0.5, 0.6) is 0 Å². The number of carboxylic acids is 1. The van der Waals surface area contributed by atoms with Crippen LogP contribution in [0, 0.1) is 5.92 Å². The van der Waals surface area contributed by atoms with Crippen LogP contribution in [-0.4, -0.2) is 47.7 Å². The number of nitrogens with one attached hydrogen (secondary N) is 1. The van der Waals surface area contributed by atoms with E-state index in [1.54, 1.807) is 6.92 Å². The number of rotatable bonds is 5. The molecule has 15 heavy (non-hydrogen) atoms. The fraction of sp³-hybridized carbons (Fsp3) is 0.909. The molecule has 86 valence electrons. The third kappa shape index (κ3) is 2.92. The first-order valence-corrected chi connectivity index (χ1v) is 5.87. The summed E-state index contributed by atoms with van der Waals surface area (Å²) in [6.07, 6.45) is 3.95. The molecule has 0 aromatic rings. The number of hydrogen-bond donors (Lipinski definition) is 2. The fourth-order valence-electron chi connectivity index (χ4n) is 2.23. The van der Waals surface area contributed by atoms with Crippen molar-refractivity contribution in [1.29, 1.82) is 0 Å². The molecule has 2 rings (SSSR count). The molecule has 0 aromatic carbocycles. The Labute approximate surface area is 90.6 Å². The van der Waals surface area contributed by atoms with E-state index in [2.05, 4.69) is 10.2 Å². The normalized spacial score (nSPS) is 29.3. The molecule has 1 heterocycles. The largest absolute Gasteiger partial charge is 0.480 e. The van der Waals surface area contributed by atoms with Crippen molar-refractivity contribution in [1.82, 2.24) is 10.2 Å². The molecule has 0 spiro atoms. The topological polar surface area (TPSA) is 52.6 Å². The lowest BCUT2D eigenvalue weighted by molar-refractivity contribution is -0.139. The maximum Gasteiger partial charge on any atom is 0.320 e. The minimum absolute atomic E-state index is 0.417. The lowest BCUT2D eigenvalue weighted by Gasteiger charge is -2.16. The Morgan fingerprint density at radius 2 is 2.27 bits per heavy atom. The van der Waals surface area contributed by atoms with E-state index in [4.69, 9.17) is 5.11 Å². The Kier molecular flexibility index (Phi) is 3.26. The number of hydrogen-bond acceptors (Lipinski definition) is 3. The van der Waals surface area contributed by atoms with Gasteiger partial charge < -0.3 is 15.3 Å². The summed E-state index contributed by atoms with van der Waals surface area (Å²) in [5, 5.41) is 11.8.